The van der Waals surface area contributed by atoms with Crippen LogP contribution in [0.5, 0.6) is 0 Å². The molecule has 0 atom stereocenters. The Hall–Kier alpha value is -0.920. The fourth-order valence-corrected chi connectivity index (χ4v) is 2.45. The van der Waals surface area contributed by atoms with E-state index in [9.17, 15) is 0 Å². The Bertz CT molecular complexity index is 473. The highest BCUT2D eigenvalue weighted by molar-refractivity contribution is 6.18. The molecule has 0 bridgehead atoms. The Morgan fingerprint density at radius 3 is 2.18 bits per heavy atom. The summed E-state index contributed by atoms with van der Waals surface area (Å²) in [5.41, 5.74) is 1.21. The lowest BCUT2D eigenvalue weighted by molar-refractivity contribution is 0.878. The number of hydrogen-bond acceptors (Lipinski definition) is 1. The van der Waals surface area contributed by atoms with Gasteiger partial charge in [0.1, 0.15) is 0 Å². The predicted molar refractivity (Wildman–Crippen MR) is 77.6 cm³/mol. The summed E-state index contributed by atoms with van der Waals surface area (Å²) < 4.78 is 0. The van der Waals surface area contributed by atoms with Crippen LogP contribution in [0, 0.1) is 0 Å². The van der Waals surface area contributed by atoms with E-state index in [4.69, 9.17) is 23.2 Å². The quantitative estimate of drug-likeness (QED) is 0.737. The van der Waals surface area contributed by atoms with E-state index in [1.807, 2.05) is 0 Å². The normalized spacial score (nSPS) is 10.7. The maximum absolute atomic E-state index is 5.85. The van der Waals surface area contributed by atoms with Crippen LogP contribution in [0.15, 0.2) is 42.5 Å². The summed E-state index contributed by atoms with van der Waals surface area (Å²) in [4.78, 5) is 2.24. The number of halogens is 2. The van der Waals surface area contributed by atoms with Gasteiger partial charge in [0.2, 0.25) is 0 Å². The topological polar surface area (TPSA) is 3.24 Å². The Morgan fingerprint density at radius 1 is 0.824 bits per heavy atom. The van der Waals surface area contributed by atoms with Crippen molar-refractivity contribution in [3.8, 4) is 0 Å². The number of rotatable bonds is 5. The lowest BCUT2D eigenvalue weighted by atomic mass is 10.1. The van der Waals surface area contributed by atoms with E-state index in [1.54, 1.807) is 0 Å². The molecule has 0 aliphatic heterocycles. The van der Waals surface area contributed by atoms with Gasteiger partial charge >= 0.3 is 0 Å². The Morgan fingerprint density at radius 2 is 1.47 bits per heavy atom. The fourth-order valence-electron chi connectivity index (χ4n) is 2.04. The summed E-state index contributed by atoms with van der Waals surface area (Å²) in [7, 11) is 0. The van der Waals surface area contributed by atoms with Crippen LogP contribution in [-0.2, 0) is 0 Å². The Balaban J connectivity index is 2.44. The predicted octanol–water partition coefficient (Wildman–Crippen LogP) is 4.12. The molecule has 0 fully saturated rings. The largest absolute Gasteiger partial charge is 0.369 e. The van der Waals surface area contributed by atoms with Crippen molar-refractivity contribution in [2.75, 3.05) is 29.7 Å². The minimum Gasteiger partial charge on any atom is -0.369 e. The van der Waals surface area contributed by atoms with Gasteiger partial charge in [-0.25, -0.2) is 0 Å². The molecule has 0 aliphatic rings. The highest BCUT2D eigenvalue weighted by Crippen LogP contribution is 2.26. The zero-order chi connectivity index (χ0) is 12.1. The van der Waals surface area contributed by atoms with E-state index in [0.29, 0.717) is 11.8 Å². The van der Waals surface area contributed by atoms with Crippen molar-refractivity contribution in [3.05, 3.63) is 42.5 Å². The first kappa shape index (κ1) is 12.5. The average molecular weight is 268 g/mol. The van der Waals surface area contributed by atoms with Gasteiger partial charge in [0.05, 0.1) is 0 Å². The third-order valence-electron chi connectivity index (χ3n) is 2.82. The summed E-state index contributed by atoms with van der Waals surface area (Å²) in [5.74, 6) is 1.22. The molecule has 0 spiro atoms. The van der Waals surface area contributed by atoms with Crippen LogP contribution in [0.3, 0.4) is 0 Å². The van der Waals surface area contributed by atoms with Crippen molar-refractivity contribution in [3.63, 3.8) is 0 Å². The summed E-state index contributed by atoms with van der Waals surface area (Å²) >= 11 is 11.7. The van der Waals surface area contributed by atoms with Gasteiger partial charge in [0.25, 0.3) is 0 Å². The summed E-state index contributed by atoms with van der Waals surface area (Å²) in [6.07, 6.45) is 0. The van der Waals surface area contributed by atoms with Crippen molar-refractivity contribution in [1.82, 2.24) is 0 Å². The smallest absolute Gasteiger partial charge is 0.0446 e. The van der Waals surface area contributed by atoms with Crippen LogP contribution in [0.25, 0.3) is 10.8 Å². The first-order valence-electron chi connectivity index (χ1n) is 5.71. The minimum atomic E-state index is 0.611. The number of hydrogen-bond donors (Lipinski definition) is 0. The van der Waals surface area contributed by atoms with E-state index in [0.717, 1.165) is 13.1 Å². The van der Waals surface area contributed by atoms with Crippen molar-refractivity contribution in [2.24, 2.45) is 0 Å². The first-order chi connectivity index (χ1) is 8.36. The molecule has 0 aromatic heterocycles. The number of alkyl halides is 2. The van der Waals surface area contributed by atoms with Crippen molar-refractivity contribution in [1.29, 1.82) is 0 Å². The Labute approximate surface area is 112 Å². The average Bonchev–Trinajstić information content (AvgIpc) is 2.38. The highest BCUT2D eigenvalue weighted by atomic mass is 35.5. The second-order valence-corrected chi connectivity index (χ2v) is 4.62. The van der Waals surface area contributed by atoms with Crippen LogP contribution in [-0.4, -0.2) is 24.8 Å². The number of fused-ring (bicyclic) bond motifs is 1. The molecule has 1 nitrogen and oxygen atoms in total. The van der Waals surface area contributed by atoms with Crippen LogP contribution >= 0.6 is 23.2 Å². The van der Waals surface area contributed by atoms with Crippen LogP contribution < -0.4 is 4.90 Å². The third kappa shape index (κ3) is 2.85. The lowest BCUT2D eigenvalue weighted by Crippen LogP contribution is -2.27. The van der Waals surface area contributed by atoms with Gasteiger partial charge in [-0.3, -0.25) is 0 Å². The molecular weight excluding hydrogens is 253 g/mol. The molecule has 0 heterocycles. The fraction of sp³-hybridized carbons (Fsp3) is 0.286. The second kappa shape index (κ2) is 6.13. The molecule has 17 heavy (non-hydrogen) atoms. The molecule has 0 amide bonds. The summed E-state index contributed by atoms with van der Waals surface area (Å²) in [6, 6.07) is 14.7. The van der Waals surface area contributed by atoms with Gasteiger partial charge < -0.3 is 4.90 Å². The van der Waals surface area contributed by atoms with Crippen LogP contribution in [0.1, 0.15) is 0 Å². The summed E-state index contributed by atoms with van der Waals surface area (Å²) in [6.45, 7) is 1.64. The van der Waals surface area contributed by atoms with Crippen LogP contribution in [0.2, 0.25) is 0 Å². The zero-order valence-electron chi connectivity index (χ0n) is 9.57. The molecule has 0 unspecified atom stereocenters. The monoisotopic (exact) mass is 267 g/mol. The molecule has 0 saturated carbocycles. The second-order valence-electron chi connectivity index (χ2n) is 3.86. The van der Waals surface area contributed by atoms with Gasteiger partial charge in [-0.1, -0.05) is 36.4 Å². The molecule has 2 aromatic rings. The lowest BCUT2D eigenvalue weighted by Gasteiger charge is -2.24. The standard InChI is InChI=1S/C14H15Cl2N/c15-8-10-17(11-9-16)14-7-3-5-12-4-1-2-6-13(12)14/h1-7H,8-11H2. The molecule has 0 N–H and O–H groups in total. The SMILES string of the molecule is ClCCN(CCCl)c1cccc2ccccc12. The van der Waals surface area contributed by atoms with Gasteiger partial charge in [0.15, 0.2) is 0 Å². The van der Waals surface area contributed by atoms with Gasteiger partial charge in [-0.15, -0.1) is 23.2 Å². The molecule has 0 saturated heterocycles. The molecule has 90 valence electrons. The Kier molecular flexibility index (Phi) is 4.52. The van der Waals surface area contributed by atoms with E-state index in [1.165, 1.54) is 16.5 Å². The number of anilines is 1. The highest BCUT2D eigenvalue weighted by Gasteiger charge is 2.08. The van der Waals surface area contributed by atoms with Crippen molar-refractivity contribution in [2.45, 2.75) is 0 Å². The van der Waals surface area contributed by atoms with Crippen molar-refractivity contribution < 1.29 is 0 Å². The van der Waals surface area contributed by atoms with Gasteiger partial charge in [-0.2, -0.15) is 0 Å². The first-order valence-corrected chi connectivity index (χ1v) is 6.78. The maximum atomic E-state index is 5.85. The third-order valence-corrected chi connectivity index (χ3v) is 3.15. The molecule has 2 rings (SSSR count). The maximum Gasteiger partial charge on any atom is 0.0446 e. The van der Waals surface area contributed by atoms with E-state index in [-0.39, 0.29) is 0 Å². The van der Waals surface area contributed by atoms with Crippen molar-refractivity contribution >= 4 is 39.7 Å². The molecule has 0 aliphatic carbocycles. The van der Waals surface area contributed by atoms with E-state index >= 15 is 0 Å². The summed E-state index contributed by atoms with van der Waals surface area (Å²) in [5, 5.41) is 2.50. The molecular formula is C14H15Cl2N. The van der Waals surface area contributed by atoms with Gasteiger partial charge in [-0.05, 0) is 11.5 Å². The van der Waals surface area contributed by atoms with Gasteiger partial charge in [0, 0.05) is 35.9 Å². The van der Waals surface area contributed by atoms with E-state index in [2.05, 4.69) is 47.4 Å². The minimum absolute atomic E-state index is 0.611. The number of benzene rings is 2. The van der Waals surface area contributed by atoms with Crippen LogP contribution in [0.4, 0.5) is 5.69 Å². The van der Waals surface area contributed by atoms with E-state index < -0.39 is 0 Å². The number of nitrogens with zero attached hydrogens (tertiary/aromatic N) is 1. The zero-order valence-corrected chi connectivity index (χ0v) is 11.1. The molecule has 2 aromatic carbocycles. The molecule has 3 heteroatoms. The molecule has 0 radical (unpaired) electrons.